The quantitative estimate of drug-likeness (QED) is 0.735. The number of nitrogens with one attached hydrogen (secondary N) is 2. The molecule has 2 aromatic rings. The molecule has 0 saturated heterocycles. The van der Waals surface area contributed by atoms with Gasteiger partial charge in [0.25, 0.3) is 0 Å². The van der Waals surface area contributed by atoms with Crippen molar-refractivity contribution in [2.24, 2.45) is 5.92 Å². The maximum Gasteiger partial charge on any atom is 0.223 e. The first-order chi connectivity index (χ1) is 11.1. The number of hydrogen-bond acceptors (Lipinski definition) is 3. The summed E-state index contributed by atoms with van der Waals surface area (Å²) in [5, 5.41) is 13.2. The monoisotopic (exact) mass is 335 g/mol. The van der Waals surface area contributed by atoms with Gasteiger partial charge in [-0.2, -0.15) is 0 Å². The lowest BCUT2D eigenvalue weighted by molar-refractivity contribution is -0.126. The van der Waals surface area contributed by atoms with Crippen LogP contribution in [0.5, 0.6) is 0 Å². The van der Waals surface area contributed by atoms with Crippen molar-refractivity contribution in [2.75, 3.05) is 6.54 Å². The predicted molar refractivity (Wildman–Crippen MR) is 90.4 cm³/mol. The zero-order valence-electron chi connectivity index (χ0n) is 13.0. The van der Waals surface area contributed by atoms with Gasteiger partial charge in [0.1, 0.15) is 5.82 Å². The zero-order valence-corrected chi connectivity index (χ0v) is 13.8. The molecule has 0 radical (unpaired) electrons. The third-order valence-electron chi connectivity index (χ3n) is 4.45. The third kappa shape index (κ3) is 4.24. The molecule has 124 valence electrons. The van der Waals surface area contributed by atoms with Crippen molar-refractivity contribution in [1.82, 2.24) is 15.3 Å². The second-order valence-electron chi connectivity index (χ2n) is 6.24. The number of benzene rings is 1. The molecular formula is C17H22ClN3O2. The van der Waals surface area contributed by atoms with E-state index in [-0.39, 0.29) is 17.9 Å². The van der Waals surface area contributed by atoms with Gasteiger partial charge in [-0.05, 0) is 50.3 Å². The second-order valence-corrected chi connectivity index (χ2v) is 6.68. The van der Waals surface area contributed by atoms with Gasteiger partial charge in [-0.3, -0.25) is 4.79 Å². The number of nitrogens with zero attached hydrogens (tertiary/aromatic N) is 1. The number of H-pyrrole nitrogens is 1. The van der Waals surface area contributed by atoms with Crippen LogP contribution in [0.4, 0.5) is 0 Å². The van der Waals surface area contributed by atoms with E-state index >= 15 is 0 Å². The fraction of sp³-hybridized carbons (Fsp3) is 0.529. The second kappa shape index (κ2) is 7.32. The van der Waals surface area contributed by atoms with E-state index in [9.17, 15) is 9.90 Å². The highest BCUT2D eigenvalue weighted by molar-refractivity contribution is 6.31. The summed E-state index contributed by atoms with van der Waals surface area (Å²) >= 11 is 5.96. The molecule has 5 nitrogen and oxygen atoms in total. The van der Waals surface area contributed by atoms with Gasteiger partial charge in [0.15, 0.2) is 0 Å². The summed E-state index contributed by atoms with van der Waals surface area (Å²) in [6.07, 6.45) is 4.46. The Hall–Kier alpha value is -1.59. The third-order valence-corrected chi connectivity index (χ3v) is 4.69. The number of rotatable bonds is 5. The Morgan fingerprint density at radius 2 is 2.13 bits per heavy atom. The van der Waals surface area contributed by atoms with Crippen molar-refractivity contribution < 1.29 is 9.90 Å². The lowest BCUT2D eigenvalue weighted by atomic mass is 9.87. The van der Waals surface area contributed by atoms with Gasteiger partial charge in [0, 0.05) is 23.9 Å². The molecule has 1 aliphatic rings. The van der Waals surface area contributed by atoms with Crippen LogP contribution in [0.25, 0.3) is 11.0 Å². The van der Waals surface area contributed by atoms with E-state index in [1.807, 2.05) is 18.2 Å². The van der Waals surface area contributed by atoms with Crippen LogP contribution in [-0.4, -0.2) is 33.6 Å². The van der Waals surface area contributed by atoms with Crippen LogP contribution in [0.3, 0.4) is 0 Å². The van der Waals surface area contributed by atoms with Crippen LogP contribution in [-0.2, 0) is 11.2 Å². The number of imidazole rings is 1. The molecule has 3 rings (SSSR count). The van der Waals surface area contributed by atoms with Crippen LogP contribution < -0.4 is 5.32 Å². The molecule has 1 saturated carbocycles. The van der Waals surface area contributed by atoms with Gasteiger partial charge in [-0.15, -0.1) is 0 Å². The minimum Gasteiger partial charge on any atom is -0.393 e. The van der Waals surface area contributed by atoms with E-state index < -0.39 is 0 Å². The van der Waals surface area contributed by atoms with E-state index in [0.717, 1.165) is 55.4 Å². The summed E-state index contributed by atoms with van der Waals surface area (Å²) < 4.78 is 0. The Balaban J connectivity index is 1.43. The Bertz CT molecular complexity index is 678. The Morgan fingerprint density at radius 3 is 2.91 bits per heavy atom. The standard InChI is InChI=1S/C17H22ClN3O2/c18-12-5-8-14-15(10-12)21-16(20-14)2-1-9-19-17(23)11-3-6-13(22)7-4-11/h5,8,10-11,13,22H,1-4,6-7,9H2,(H,19,23)(H,20,21). The Kier molecular flexibility index (Phi) is 5.18. The molecule has 1 heterocycles. The van der Waals surface area contributed by atoms with Gasteiger partial charge >= 0.3 is 0 Å². The van der Waals surface area contributed by atoms with E-state index in [1.165, 1.54) is 0 Å². The lowest BCUT2D eigenvalue weighted by Crippen LogP contribution is -2.34. The summed E-state index contributed by atoms with van der Waals surface area (Å²) in [5.74, 6) is 1.09. The smallest absolute Gasteiger partial charge is 0.223 e. The number of aryl methyl sites for hydroxylation is 1. The van der Waals surface area contributed by atoms with Gasteiger partial charge in [-0.1, -0.05) is 11.6 Å². The number of aromatic nitrogens is 2. The number of carbonyl (C=O) groups is 1. The molecule has 1 aromatic heterocycles. The van der Waals surface area contributed by atoms with Gasteiger partial charge in [0.05, 0.1) is 17.1 Å². The largest absolute Gasteiger partial charge is 0.393 e. The van der Waals surface area contributed by atoms with Crippen LogP contribution in [0.15, 0.2) is 18.2 Å². The first kappa shape index (κ1) is 16.3. The van der Waals surface area contributed by atoms with Crippen molar-refractivity contribution in [2.45, 2.75) is 44.6 Å². The Labute approximate surface area is 140 Å². The number of aromatic amines is 1. The molecule has 0 bridgehead atoms. The first-order valence-corrected chi connectivity index (χ1v) is 8.59. The number of aliphatic hydroxyl groups excluding tert-OH is 1. The van der Waals surface area contributed by atoms with Crippen LogP contribution >= 0.6 is 11.6 Å². The molecule has 0 aliphatic heterocycles. The molecule has 1 aliphatic carbocycles. The molecule has 3 N–H and O–H groups in total. The maximum atomic E-state index is 12.1. The average molecular weight is 336 g/mol. The SMILES string of the molecule is O=C(NCCCc1nc2ccc(Cl)cc2[nH]1)C1CCC(O)CC1. The molecule has 23 heavy (non-hydrogen) atoms. The normalized spacial score (nSPS) is 21.5. The Morgan fingerprint density at radius 1 is 1.35 bits per heavy atom. The van der Waals surface area contributed by atoms with Crippen molar-refractivity contribution in [3.05, 3.63) is 29.0 Å². The lowest BCUT2D eigenvalue weighted by Gasteiger charge is -2.24. The number of fused-ring (bicyclic) bond motifs is 1. The molecule has 0 atom stereocenters. The summed E-state index contributed by atoms with van der Waals surface area (Å²) in [6, 6.07) is 5.60. The van der Waals surface area contributed by atoms with E-state index in [4.69, 9.17) is 11.6 Å². The predicted octanol–water partition coefficient (Wildman–Crippen LogP) is 2.82. The minimum absolute atomic E-state index is 0.0618. The highest BCUT2D eigenvalue weighted by Crippen LogP contribution is 2.24. The highest BCUT2D eigenvalue weighted by Gasteiger charge is 2.24. The molecule has 0 unspecified atom stereocenters. The molecule has 1 amide bonds. The van der Waals surface area contributed by atoms with E-state index in [2.05, 4.69) is 15.3 Å². The molecule has 1 fully saturated rings. The molecular weight excluding hydrogens is 314 g/mol. The summed E-state index contributed by atoms with van der Waals surface area (Å²) in [5.41, 5.74) is 1.85. The number of carbonyl (C=O) groups excluding carboxylic acids is 1. The number of hydrogen-bond donors (Lipinski definition) is 3. The van der Waals surface area contributed by atoms with Crippen molar-refractivity contribution in [1.29, 1.82) is 0 Å². The van der Waals surface area contributed by atoms with Crippen molar-refractivity contribution in [3.8, 4) is 0 Å². The number of aliphatic hydroxyl groups is 1. The van der Waals surface area contributed by atoms with Crippen LogP contribution in [0.2, 0.25) is 5.02 Å². The maximum absolute atomic E-state index is 12.1. The highest BCUT2D eigenvalue weighted by atomic mass is 35.5. The fourth-order valence-electron chi connectivity index (χ4n) is 3.10. The zero-order chi connectivity index (χ0) is 16.2. The van der Waals surface area contributed by atoms with Crippen molar-refractivity contribution >= 4 is 28.5 Å². The summed E-state index contributed by atoms with van der Waals surface area (Å²) in [6.45, 7) is 0.649. The minimum atomic E-state index is -0.222. The molecule has 1 aromatic carbocycles. The van der Waals surface area contributed by atoms with E-state index in [0.29, 0.717) is 11.6 Å². The van der Waals surface area contributed by atoms with Gasteiger partial charge in [-0.25, -0.2) is 4.98 Å². The van der Waals surface area contributed by atoms with Gasteiger partial charge < -0.3 is 15.4 Å². The van der Waals surface area contributed by atoms with Crippen LogP contribution in [0, 0.1) is 5.92 Å². The first-order valence-electron chi connectivity index (χ1n) is 8.22. The summed E-state index contributed by atoms with van der Waals surface area (Å²) in [4.78, 5) is 19.8. The van der Waals surface area contributed by atoms with Crippen LogP contribution in [0.1, 0.15) is 37.9 Å². The summed E-state index contributed by atoms with van der Waals surface area (Å²) in [7, 11) is 0. The molecule has 0 spiro atoms. The number of halogens is 1. The van der Waals surface area contributed by atoms with Gasteiger partial charge in [0.2, 0.25) is 5.91 Å². The number of amides is 1. The topological polar surface area (TPSA) is 78.0 Å². The average Bonchev–Trinajstić information content (AvgIpc) is 2.94. The van der Waals surface area contributed by atoms with Crippen molar-refractivity contribution in [3.63, 3.8) is 0 Å². The molecule has 6 heteroatoms. The van der Waals surface area contributed by atoms with E-state index in [1.54, 1.807) is 0 Å². The fourth-order valence-corrected chi connectivity index (χ4v) is 3.27.